The van der Waals surface area contributed by atoms with E-state index < -0.39 is 0 Å². The lowest BCUT2D eigenvalue weighted by Gasteiger charge is -2.43. The summed E-state index contributed by atoms with van der Waals surface area (Å²) in [6, 6.07) is 4.04. The number of carbonyl (C=O) groups excluding carboxylic acids is 1. The summed E-state index contributed by atoms with van der Waals surface area (Å²) in [6.45, 7) is 0.699. The first-order valence-electron chi connectivity index (χ1n) is 8.06. The Labute approximate surface area is 145 Å². The van der Waals surface area contributed by atoms with E-state index in [4.69, 9.17) is 0 Å². The van der Waals surface area contributed by atoms with Gasteiger partial charge < -0.3 is 10.2 Å². The van der Waals surface area contributed by atoms with Crippen molar-refractivity contribution in [3.63, 3.8) is 0 Å². The van der Waals surface area contributed by atoms with Crippen molar-refractivity contribution in [2.24, 2.45) is 0 Å². The maximum absolute atomic E-state index is 12.5. The molecule has 2 aromatic heterocycles. The van der Waals surface area contributed by atoms with Gasteiger partial charge in [0.2, 0.25) is 0 Å². The number of hydrogen-bond donors (Lipinski definition) is 1. The number of thiophene rings is 1. The van der Waals surface area contributed by atoms with E-state index in [1.165, 1.54) is 30.6 Å². The van der Waals surface area contributed by atoms with Gasteiger partial charge in [-0.1, -0.05) is 25.3 Å². The van der Waals surface area contributed by atoms with Gasteiger partial charge in [-0.25, -0.2) is 4.98 Å². The summed E-state index contributed by atoms with van der Waals surface area (Å²) in [6.07, 6.45) is 6.09. The second-order valence-corrected chi connectivity index (χ2v) is 8.18. The number of carbonyl (C=O) groups is 1. The Morgan fingerprint density at radius 2 is 2.09 bits per heavy atom. The van der Waals surface area contributed by atoms with Crippen LogP contribution in [0, 0.1) is 0 Å². The van der Waals surface area contributed by atoms with Gasteiger partial charge in [0.1, 0.15) is 10.7 Å². The molecule has 0 atom stereocenters. The molecule has 1 amide bonds. The number of aromatic nitrogens is 1. The first kappa shape index (κ1) is 16.6. The van der Waals surface area contributed by atoms with E-state index in [1.807, 2.05) is 22.9 Å². The number of likely N-dealkylation sites (N-methyl/N-ethyl adjacent to an activating group) is 1. The average molecular weight is 350 g/mol. The standard InChI is InChI=1S/C17H23N3OS2/c1-20(2)17(8-4-3-5-9-17)12-18-15(21)13-11-23-16(19-13)14-7-6-10-22-14/h6-7,10-11H,3-5,8-9,12H2,1-2H3,(H,18,21). The van der Waals surface area contributed by atoms with Crippen molar-refractivity contribution in [2.45, 2.75) is 37.6 Å². The third kappa shape index (κ3) is 3.65. The van der Waals surface area contributed by atoms with Crippen molar-refractivity contribution >= 4 is 28.6 Å². The topological polar surface area (TPSA) is 45.2 Å². The normalized spacial score (nSPS) is 17.3. The molecular formula is C17H23N3OS2. The summed E-state index contributed by atoms with van der Waals surface area (Å²) >= 11 is 3.18. The maximum atomic E-state index is 12.5. The number of rotatable bonds is 5. The van der Waals surface area contributed by atoms with E-state index in [0.717, 1.165) is 22.7 Å². The molecule has 1 N–H and O–H groups in total. The molecule has 1 saturated carbocycles. The minimum atomic E-state index is -0.0594. The van der Waals surface area contributed by atoms with Crippen molar-refractivity contribution < 1.29 is 4.79 Å². The van der Waals surface area contributed by atoms with Gasteiger partial charge >= 0.3 is 0 Å². The molecule has 0 saturated heterocycles. The van der Waals surface area contributed by atoms with Crippen molar-refractivity contribution in [2.75, 3.05) is 20.6 Å². The summed E-state index contributed by atoms with van der Waals surface area (Å²) in [7, 11) is 4.24. The highest BCUT2D eigenvalue weighted by molar-refractivity contribution is 7.20. The van der Waals surface area contributed by atoms with Crippen LogP contribution in [0.4, 0.5) is 0 Å². The van der Waals surface area contributed by atoms with Crippen molar-refractivity contribution in [1.29, 1.82) is 0 Å². The average Bonchev–Trinajstić information content (AvgIpc) is 3.24. The summed E-state index contributed by atoms with van der Waals surface area (Å²) in [4.78, 5) is 20.3. The second-order valence-electron chi connectivity index (χ2n) is 6.38. The van der Waals surface area contributed by atoms with Crippen molar-refractivity contribution in [1.82, 2.24) is 15.2 Å². The van der Waals surface area contributed by atoms with Gasteiger partial charge in [-0.3, -0.25) is 4.79 Å². The fourth-order valence-electron chi connectivity index (χ4n) is 3.22. The summed E-state index contributed by atoms with van der Waals surface area (Å²) < 4.78 is 0. The van der Waals surface area contributed by atoms with Crippen molar-refractivity contribution in [3.8, 4) is 9.88 Å². The lowest BCUT2D eigenvalue weighted by atomic mass is 9.80. The summed E-state index contributed by atoms with van der Waals surface area (Å²) in [5, 5.41) is 7.92. The van der Waals surface area contributed by atoms with Crippen LogP contribution in [-0.2, 0) is 0 Å². The Kier molecular flexibility index (Phi) is 5.14. The third-order valence-corrected chi connectivity index (χ3v) is 6.66. The van der Waals surface area contributed by atoms with Crippen LogP contribution in [0.1, 0.15) is 42.6 Å². The molecule has 2 aromatic rings. The van der Waals surface area contributed by atoms with Gasteiger partial charge in [-0.05, 0) is 38.4 Å². The molecule has 4 nitrogen and oxygen atoms in total. The van der Waals surface area contributed by atoms with Gasteiger partial charge in [0.25, 0.3) is 5.91 Å². The molecule has 0 aromatic carbocycles. The molecule has 0 spiro atoms. The van der Waals surface area contributed by atoms with Gasteiger partial charge in [-0.2, -0.15) is 0 Å². The van der Waals surface area contributed by atoms with Crippen LogP contribution in [0.3, 0.4) is 0 Å². The van der Waals surface area contributed by atoms with Crippen molar-refractivity contribution in [3.05, 3.63) is 28.6 Å². The third-order valence-electron chi connectivity index (χ3n) is 4.78. The Morgan fingerprint density at radius 3 is 2.74 bits per heavy atom. The zero-order chi connectivity index (χ0) is 16.3. The number of amides is 1. The predicted octanol–water partition coefficient (Wildman–Crippen LogP) is 3.87. The van der Waals surface area contributed by atoms with Gasteiger partial charge in [0.05, 0.1) is 4.88 Å². The molecule has 1 aliphatic rings. The van der Waals surface area contributed by atoms with E-state index in [9.17, 15) is 4.79 Å². The van der Waals surface area contributed by atoms with Gasteiger partial charge in [0, 0.05) is 17.5 Å². The van der Waals surface area contributed by atoms with Gasteiger partial charge in [0.15, 0.2) is 0 Å². The molecule has 6 heteroatoms. The molecule has 2 heterocycles. The molecular weight excluding hydrogens is 326 g/mol. The molecule has 0 bridgehead atoms. The molecule has 0 aliphatic heterocycles. The first-order valence-corrected chi connectivity index (χ1v) is 9.82. The van der Waals surface area contributed by atoms with Crippen LogP contribution < -0.4 is 5.32 Å². The zero-order valence-electron chi connectivity index (χ0n) is 13.7. The fourth-order valence-corrected chi connectivity index (χ4v) is 4.83. The fraction of sp³-hybridized carbons (Fsp3) is 0.529. The number of nitrogens with zero attached hydrogens (tertiary/aromatic N) is 2. The van der Waals surface area contributed by atoms with Crippen LogP contribution in [0.15, 0.2) is 22.9 Å². The van der Waals surface area contributed by atoms with E-state index in [0.29, 0.717) is 12.2 Å². The van der Waals surface area contributed by atoms with E-state index in [-0.39, 0.29) is 11.4 Å². The highest BCUT2D eigenvalue weighted by Gasteiger charge is 2.34. The van der Waals surface area contributed by atoms with Gasteiger partial charge in [-0.15, -0.1) is 22.7 Å². The van der Waals surface area contributed by atoms with Crippen LogP contribution in [0.25, 0.3) is 9.88 Å². The molecule has 3 rings (SSSR count). The molecule has 124 valence electrons. The molecule has 1 aliphatic carbocycles. The Bertz CT molecular complexity index is 643. The molecule has 23 heavy (non-hydrogen) atoms. The highest BCUT2D eigenvalue weighted by atomic mass is 32.1. The number of nitrogens with one attached hydrogen (secondary N) is 1. The largest absolute Gasteiger partial charge is 0.349 e. The smallest absolute Gasteiger partial charge is 0.270 e. The monoisotopic (exact) mass is 349 g/mol. The summed E-state index contributed by atoms with van der Waals surface area (Å²) in [5.74, 6) is -0.0594. The van der Waals surface area contributed by atoms with Crippen LogP contribution >= 0.6 is 22.7 Å². The van der Waals surface area contributed by atoms with Crippen LogP contribution in [0.5, 0.6) is 0 Å². The predicted molar refractivity (Wildman–Crippen MR) is 97.3 cm³/mol. The zero-order valence-corrected chi connectivity index (χ0v) is 15.3. The Balaban J connectivity index is 1.65. The van der Waals surface area contributed by atoms with Crippen LogP contribution in [-0.4, -0.2) is 42.0 Å². The van der Waals surface area contributed by atoms with E-state index >= 15 is 0 Å². The highest BCUT2D eigenvalue weighted by Crippen LogP contribution is 2.32. The molecule has 0 unspecified atom stereocenters. The maximum Gasteiger partial charge on any atom is 0.270 e. The lowest BCUT2D eigenvalue weighted by Crippen LogP contribution is -2.53. The minimum absolute atomic E-state index is 0.0594. The number of thiazole rings is 1. The second kappa shape index (κ2) is 7.11. The summed E-state index contributed by atoms with van der Waals surface area (Å²) in [5.41, 5.74) is 0.628. The first-order chi connectivity index (χ1) is 11.1. The molecule has 1 fully saturated rings. The number of hydrogen-bond acceptors (Lipinski definition) is 5. The molecule has 0 radical (unpaired) electrons. The Hall–Kier alpha value is -1.24. The lowest BCUT2D eigenvalue weighted by molar-refractivity contribution is 0.0796. The Morgan fingerprint density at radius 1 is 1.30 bits per heavy atom. The van der Waals surface area contributed by atoms with Crippen LogP contribution in [0.2, 0.25) is 0 Å². The van der Waals surface area contributed by atoms with E-state index in [2.05, 4.69) is 29.3 Å². The quantitative estimate of drug-likeness (QED) is 0.891. The SMILES string of the molecule is CN(C)C1(CNC(=O)c2csc(-c3cccs3)n2)CCCCC1. The van der Waals surface area contributed by atoms with E-state index in [1.54, 1.807) is 11.3 Å². The minimum Gasteiger partial charge on any atom is -0.349 e.